The lowest BCUT2D eigenvalue weighted by Crippen LogP contribution is -2.42. The summed E-state index contributed by atoms with van der Waals surface area (Å²) in [5.74, 6) is -1.15. The third kappa shape index (κ3) is 4.80. The summed E-state index contributed by atoms with van der Waals surface area (Å²) in [7, 11) is 0. The molecule has 23 heavy (non-hydrogen) atoms. The largest absolute Gasteiger partial charge is 0.416 e. The second kappa shape index (κ2) is 6.91. The number of hydrazine groups is 1. The molecule has 0 atom stereocenters. The Morgan fingerprint density at radius 1 is 1.00 bits per heavy atom. The lowest BCUT2D eigenvalue weighted by molar-refractivity contribution is -0.137. The Bertz CT molecular complexity index is 685. The Balaban J connectivity index is 1.86. The van der Waals surface area contributed by atoms with E-state index in [1.807, 2.05) is 0 Å². The fourth-order valence-corrected chi connectivity index (χ4v) is 1.73. The molecule has 0 bridgehead atoms. The Hall–Kier alpha value is -2.90. The quantitative estimate of drug-likeness (QED) is 0.850. The Morgan fingerprint density at radius 2 is 1.70 bits per heavy atom. The molecule has 2 N–H and O–H groups in total. The third-order valence-electron chi connectivity index (χ3n) is 2.86. The highest BCUT2D eigenvalue weighted by Crippen LogP contribution is 2.29. The zero-order valence-electron chi connectivity index (χ0n) is 11.7. The van der Waals surface area contributed by atoms with Gasteiger partial charge in [0.15, 0.2) is 0 Å². The molecule has 0 aliphatic carbocycles. The molecule has 1 heterocycles. The SMILES string of the molecule is O=C(Cc1ccc(C(F)(F)F)cc1)NNC(=O)c1ccccn1. The van der Waals surface area contributed by atoms with Gasteiger partial charge in [-0.1, -0.05) is 18.2 Å². The van der Waals surface area contributed by atoms with E-state index in [1.165, 1.54) is 24.4 Å². The van der Waals surface area contributed by atoms with Crippen LogP contribution in [0.3, 0.4) is 0 Å². The molecule has 1 aromatic heterocycles. The molecule has 2 rings (SSSR count). The van der Waals surface area contributed by atoms with Crippen LogP contribution in [-0.2, 0) is 17.4 Å². The van der Waals surface area contributed by atoms with Gasteiger partial charge in [0.25, 0.3) is 5.91 Å². The van der Waals surface area contributed by atoms with Gasteiger partial charge in [0.1, 0.15) is 5.69 Å². The number of amides is 2. The van der Waals surface area contributed by atoms with Crippen molar-refractivity contribution in [3.05, 3.63) is 65.5 Å². The van der Waals surface area contributed by atoms with Crippen molar-refractivity contribution >= 4 is 11.8 Å². The molecule has 0 aliphatic rings. The van der Waals surface area contributed by atoms with Crippen LogP contribution in [0.5, 0.6) is 0 Å². The fourth-order valence-electron chi connectivity index (χ4n) is 1.73. The second-order valence-corrected chi connectivity index (χ2v) is 4.59. The topological polar surface area (TPSA) is 71.1 Å². The average molecular weight is 323 g/mol. The smallest absolute Gasteiger partial charge is 0.273 e. The summed E-state index contributed by atoms with van der Waals surface area (Å²) in [6, 6.07) is 8.94. The highest BCUT2D eigenvalue weighted by Gasteiger charge is 2.29. The predicted octanol–water partition coefficient (Wildman–Crippen LogP) is 2.10. The zero-order valence-corrected chi connectivity index (χ0v) is 11.7. The van der Waals surface area contributed by atoms with Crippen molar-refractivity contribution in [2.75, 3.05) is 0 Å². The molecule has 0 unspecified atom stereocenters. The van der Waals surface area contributed by atoms with E-state index in [9.17, 15) is 22.8 Å². The number of benzene rings is 1. The maximum atomic E-state index is 12.4. The maximum absolute atomic E-state index is 12.4. The van der Waals surface area contributed by atoms with Gasteiger partial charge in [0, 0.05) is 6.20 Å². The number of halogens is 3. The van der Waals surface area contributed by atoms with E-state index >= 15 is 0 Å². The van der Waals surface area contributed by atoms with E-state index in [2.05, 4.69) is 15.8 Å². The van der Waals surface area contributed by atoms with Crippen LogP contribution >= 0.6 is 0 Å². The lowest BCUT2D eigenvalue weighted by Gasteiger charge is -2.09. The van der Waals surface area contributed by atoms with Crippen LogP contribution in [0.15, 0.2) is 48.7 Å². The van der Waals surface area contributed by atoms with Crippen LogP contribution in [0.1, 0.15) is 21.6 Å². The summed E-state index contributed by atoms with van der Waals surface area (Å²) in [5, 5.41) is 0. The first-order chi connectivity index (χ1) is 10.9. The third-order valence-corrected chi connectivity index (χ3v) is 2.86. The molecule has 2 amide bonds. The maximum Gasteiger partial charge on any atom is 0.416 e. The van der Waals surface area contributed by atoms with Crippen LogP contribution in [0.4, 0.5) is 13.2 Å². The minimum Gasteiger partial charge on any atom is -0.273 e. The molecule has 0 saturated carbocycles. The summed E-state index contributed by atoms with van der Waals surface area (Å²) in [6.07, 6.45) is -3.16. The van der Waals surface area contributed by atoms with Crippen molar-refractivity contribution < 1.29 is 22.8 Å². The zero-order chi connectivity index (χ0) is 16.9. The van der Waals surface area contributed by atoms with Crippen LogP contribution in [0, 0.1) is 0 Å². The standard InChI is InChI=1S/C15H12F3N3O2/c16-15(17,18)11-6-4-10(5-7-11)9-13(22)20-21-14(23)12-3-1-2-8-19-12/h1-8H,9H2,(H,20,22)(H,21,23). The number of carbonyl (C=O) groups is 2. The van der Waals surface area contributed by atoms with Crippen LogP contribution in [0.25, 0.3) is 0 Å². The Labute approximate surface area is 129 Å². The molecule has 0 radical (unpaired) electrons. The van der Waals surface area contributed by atoms with Crippen molar-refractivity contribution in [2.24, 2.45) is 0 Å². The van der Waals surface area contributed by atoms with E-state index in [1.54, 1.807) is 12.1 Å². The summed E-state index contributed by atoms with van der Waals surface area (Å²) < 4.78 is 37.3. The van der Waals surface area contributed by atoms with Crippen molar-refractivity contribution in [3.8, 4) is 0 Å². The number of nitrogens with one attached hydrogen (secondary N) is 2. The number of alkyl halides is 3. The molecule has 5 nitrogen and oxygen atoms in total. The number of aromatic nitrogens is 1. The van der Waals surface area contributed by atoms with E-state index < -0.39 is 23.6 Å². The van der Waals surface area contributed by atoms with Crippen LogP contribution in [-0.4, -0.2) is 16.8 Å². The first kappa shape index (κ1) is 16.5. The lowest BCUT2D eigenvalue weighted by atomic mass is 10.1. The summed E-state index contributed by atoms with van der Waals surface area (Å²) in [4.78, 5) is 27.1. The first-order valence-electron chi connectivity index (χ1n) is 6.52. The van der Waals surface area contributed by atoms with Crippen molar-refractivity contribution in [1.29, 1.82) is 0 Å². The van der Waals surface area contributed by atoms with Gasteiger partial charge in [-0.05, 0) is 29.8 Å². The molecule has 2 aromatic rings. The molecule has 0 saturated heterocycles. The number of rotatable bonds is 3. The monoisotopic (exact) mass is 323 g/mol. The van der Waals surface area contributed by atoms with Gasteiger partial charge in [0.2, 0.25) is 5.91 Å². The number of hydrogen-bond donors (Lipinski definition) is 2. The van der Waals surface area contributed by atoms with Crippen LogP contribution < -0.4 is 10.9 Å². The Morgan fingerprint density at radius 3 is 2.26 bits per heavy atom. The van der Waals surface area contributed by atoms with Crippen molar-refractivity contribution in [3.63, 3.8) is 0 Å². The summed E-state index contributed by atoms with van der Waals surface area (Å²) in [5.41, 5.74) is 4.08. The van der Waals surface area contributed by atoms with Gasteiger partial charge < -0.3 is 0 Å². The minimum atomic E-state index is -4.42. The Kier molecular flexibility index (Phi) is 4.95. The van der Waals surface area contributed by atoms with Crippen molar-refractivity contribution in [2.45, 2.75) is 12.6 Å². The molecule has 0 fully saturated rings. The van der Waals surface area contributed by atoms with Gasteiger partial charge in [-0.25, -0.2) is 0 Å². The van der Waals surface area contributed by atoms with Gasteiger partial charge in [-0.15, -0.1) is 0 Å². The molecule has 1 aromatic carbocycles. The molecule has 120 valence electrons. The molecule has 0 aliphatic heterocycles. The van der Waals surface area contributed by atoms with E-state index in [4.69, 9.17) is 0 Å². The molecule has 0 spiro atoms. The predicted molar refractivity (Wildman–Crippen MR) is 75.0 cm³/mol. The van der Waals surface area contributed by atoms with E-state index in [-0.39, 0.29) is 12.1 Å². The molecular formula is C15H12F3N3O2. The number of pyridine rings is 1. The second-order valence-electron chi connectivity index (χ2n) is 4.59. The fraction of sp³-hybridized carbons (Fsp3) is 0.133. The number of carbonyl (C=O) groups excluding carboxylic acids is 2. The average Bonchev–Trinajstić information content (AvgIpc) is 2.53. The minimum absolute atomic E-state index is 0.127. The van der Waals surface area contributed by atoms with Gasteiger partial charge in [-0.2, -0.15) is 13.2 Å². The molecular weight excluding hydrogens is 311 g/mol. The summed E-state index contributed by atoms with van der Waals surface area (Å²) >= 11 is 0. The first-order valence-corrected chi connectivity index (χ1v) is 6.52. The van der Waals surface area contributed by atoms with Crippen molar-refractivity contribution in [1.82, 2.24) is 15.8 Å². The number of hydrogen-bond acceptors (Lipinski definition) is 3. The van der Waals surface area contributed by atoms with Gasteiger partial charge in [-0.3, -0.25) is 25.4 Å². The number of nitrogens with zero attached hydrogens (tertiary/aromatic N) is 1. The van der Waals surface area contributed by atoms with Gasteiger partial charge >= 0.3 is 6.18 Å². The highest BCUT2D eigenvalue weighted by molar-refractivity contribution is 5.93. The normalized spacial score (nSPS) is 10.9. The van der Waals surface area contributed by atoms with E-state index in [0.717, 1.165) is 12.1 Å². The molecule has 8 heteroatoms. The highest BCUT2D eigenvalue weighted by atomic mass is 19.4. The van der Waals surface area contributed by atoms with Crippen LogP contribution in [0.2, 0.25) is 0 Å². The van der Waals surface area contributed by atoms with Gasteiger partial charge in [0.05, 0.1) is 12.0 Å². The van der Waals surface area contributed by atoms with E-state index in [0.29, 0.717) is 5.56 Å². The summed E-state index contributed by atoms with van der Waals surface area (Å²) in [6.45, 7) is 0.